The van der Waals surface area contributed by atoms with E-state index in [-0.39, 0.29) is 27.0 Å². The maximum Gasteiger partial charge on any atom is 0.301 e. The number of thiazole rings is 1. The van der Waals surface area contributed by atoms with Crippen LogP contribution in [0.1, 0.15) is 17.2 Å². The van der Waals surface area contributed by atoms with Crippen LogP contribution in [-0.4, -0.2) is 33.9 Å². The molecule has 1 fully saturated rings. The van der Waals surface area contributed by atoms with Crippen molar-refractivity contribution >= 4 is 67.3 Å². The quantitative estimate of drug-likeness (QED) is 0.205. The van der Waals surface area contributed by atoms with E-state index in [0.717, 1.165) is 11.3 Å². The molecule has 11 heteroatoms. The fourth-order valence-corrected chi connectivity index (χ4v) is 5.22. The van der Waals surface area contributed by atoms with Gasteiger partial charge in [-0.3, -0.25) is 19.5 Å². The summed E-state index contributed by atoms with van der Waals surface area (Å²) in [7, 11) is 1.42. The van der Waals surface area contributed by atoms with Gasteiger partial charge in [0, 0.05) is 18.0 Å². The van der Waals surface area contributed by atoms with Crippen LogP contribution < -0.4 is 9.64 Å². The van der Waals surface area contributed by atoms with Crippen molar-refractivity contribution < 1.29 is 23.8 Å². The molecule has 1 saturated heterocycles. The smallest absolute Gasteiger partial charge is 0.301 e. The van der Waals surface area contributed by atoms with Crippen molar-refractivity contribution in [2.24, 2.45) is 0 Å². The first-order valence-electron chi connectivity index (χ1n) is 10.1. The molecule has 1 amide bonds. The van der Waals surface area contributed by atoms with Crippen molar-refractivity contribution in [2.45, 2.75) is 6.04 Å². The second-order valence-corrected chi connectivity index (χ2v) is 9.35. The maximum absolute atomic E-state index is 14.0. The highest BCUT2D eigenvalue weighted by molar-refractivity contribution is 7.22. The van der Waals surface area contributed by atoms with E-state index in [4.69, 9.17) is 27.9 Å². The Morgan fingerprint density at radius 1 is 1.11 bits per heavy atom. The fraction of sp³-hybridized carbons (Fsp3) is 0.0833. The number of aliphatic hydroxyl groups is 1. The Labute approximate surface area is 212 Å². The Bertz CT molecular complexity index is 1500. The Morgan fingerprint density at radius 3 is 2.57 bits per heavy atom. The van der Waals surface area contributed by atoms with Crippen molar-refractivity contribution in [1.29, 1.82) is 0 Å². The number of nitrogens with zero attached hydrogens (tertiary/aromatic N) is 3. The molecule has 0 bridgehead atoms. The van der Waals surface area contributed by atoms with Gasteiger partial charge in [0.25, 0.3) is 5.78 Å². The molecule has 0 saturated carbocycles. The zero-order chi connectivity index (χ0) is 24.9. The number of benzene rings is 2. The number of amides is 1. The Hall–Kier alpha value is -3.53. The summed E-state index contributed by atoms with van der Waals surface area (Å²) in [6.45, 7) is 0. The first kappa shape index (κ1) is 23.2. The van der Waals surface area contributed by atoms with Crippen LogP contribution in [0.5, 0.6) is 5.75 Å². The van der Waals surface area contributed by atoms with Gasteiger partial charge < -0.3 is 9.84 Å². The number of hydrogen-bond acceptors (Lipinski definition) is 7. The monoisotopic (exact) mass is 529 g/mol. The third-order valence-corrected chi connectivity index (χ3v) is 7.14. The number of pyridine rings is 1. The number of hydrogen-bond donors (Lipinski definition) is 1. The molecule has 35 heavy (non-hydrogen) atoms. The lowest BCUT2D eigenvalue weighted by Crippen LogP contribution is -2.29. The summed E-state index contributed by atoms with van der Waals surface area (Å²) in [5.41, 5.74) is 0.981. The van der Waals surface area contributed by atoms with Crippen LogP contribution in [0.4, 0.5) is 9.52 Å². The zero-order valence-electron chi connectivity index (χ0n) is 17.8. The lowest BCUT2D eigenvalue weighted by molar-refractivity contribution is -0.132. The van der Waals surface area contributed by atoms with Gasteiger partial charge in [0.05, 0.1) is 39.0 Å². The third-order valence-electron chi connectivity index (χ3n) is 5.52. The molecule has 4 aromatic rings. The minimum absolute atomic E-state index is 0.112. The van der Waals surface area contributed by atoms with E-state index >= 15 is 0 Å². The molecular weight excluding hydrogens is 516 g/mol. The van der Waals surface area contributed by atoms with E-state index in [2.05, 4.69) is 9.97 Å². The number of aromatic nitrogens is 2. The SMILES string of the molecule is COc1cc(/C(O)=C2\C(=O)C(=O)N(c3nc4cc(Cl)c(F)cc4s3)C2c2ccncc2)ccc1Cl. The van der Waals surface area contributed by atoms with Crippen molar-refractivity contribution in [3.63, 3.8) is 0 Å². The first-order valence-corrected chi connectivity index (χ1v) is 11.7. The minimum Gasteiger partial charge on any atom is -0.507 e. The Balaban J connectivity index is 1.72. The number of carbonyl (C=O) groups excluding carboxylic acids is 2. The third kappa shape index (κ3) is 3.91. The van der Waals surface area contributed by atoms with E-state index < -0.39 is 29.3 Å². The van der Waals surface area contributed by atoms with Gasteiger partial charge in [-0.1, -0.05) is 34.5 Å². The molecule has 1 atom stereocenters. The number of fused-ring (bicyclic) bond motifs is 1. The maximum atomic E-state index is 14.0. The molecule has 1 aliphatic heterocycles. The summed E-state index contributed by atoms with van der Waals surface area (Å²) in [5.74, 6) is -2.53. The predicted molar refractivity (Wildman–Crippen MR) is 132 cm³/mol. The molecule has 1 N–H and O–H groups in total. The van der Waals surface area contributed by atoms with Gasteiger partial charge in [0.2, 0.25) is 0 Å². The van der Waals surface area contributed by atoms with E-state index in [1.165, 1.54) is 54.7 Å². The van der Waals surface area contributed by atoms with E-state index in [1.807, 2.05) is 0 Å². The summed E-state index contributed by atoms with van der Waals surface area (Å²) >= 11 is 13.0. The molecule has 0 aliphatic carbocycles. The van der Waals surface area contributed by atoms with E-state index in [9.17, 15) is 19.1 Å². The second-order valence-electron chi connectivity index (χ2n) is 7.53. The molecule has 0 radical (unpaired) electrons. The van der Waals surface area contributed by atoms with Crippen LogP contribution in [0.2, 0.25) is 10.0 Å². The lowest BCUT2D eigenvalue weighted by Gasteiger charge is -2.22. The average molecular weight is 530 g/mol. The van der Waals surface area contributed by atoms with Crippen molar-refractivity contribution in [3.05, 3.63) is 87.4 Å². The number of ketones is 1. The second kappa shape index (κ2) is 8.92. The van der Waals surface area contributed by atoms with Gasteiger partial charge in [-0.2, -0.15) is 0 Å². The van der Waals surface area contributed by atoms with Gasteiger partial charge in [-0.15, -0.1) is 0 Å². The molecule has 176 valence electrons. The van der Waals surface area contributed by atoms with Crippen LogP contribution in [0.25, 0.3) is 16.0 Å². The largest absolute Gasteiger partial charge is 0.507 e. The molecule has 7 nitrogen and oxygen atoms in total. The molecular formula is C24H14Cl2FN3O4S. The van der Waals surface area contributed by atoms with Gasteiger partial charge in [-0.05, 0) is 48.0 Å². The van der Waals surface area contributed by atoms with Crippen LogP contribution in [0, 0.1) is 5.82 Å². The average Bonchev–Trinajstić information content (AvgIpc) is 3.37. The van der Waals surface area contributed by atoms with Gasteiger partial charge >= 0.3 is 5.91 Å². The molecule has 2 aromatic heterocycles. The van der Waals surface area contributed by atoms with E-state index in [0.29, 0.717) is 20.8 Å². The van der Waals surface area contributed by atoms with Crippen molar-refractivity contribution in [2.75, 3.05) is 12.0 Å². The first-order chi connectivity index (χ1) is 16.8. The summed E-state index contributed by atoms with van der Waals surface area (Å²) in [6, 6.07) is 9.31. The predicted octanol–water partition coefficient (Wildman–Crippen LogP) is 5.77. The van der Waals surface area contributed by atoms with Crippen LogP contribution in [0.15, 0.2) is 60.4 Å². The molecule has 3 heterocycles. The van der Waals surface area contributed by atoms with Crippen LogP contribution in [0.3, 0.4) is 0 Å². The number of aliphatic hydroxyl groups excluding tert-OH is 1. The zero-order valence-corrected chi connectivity index (χ0v) is 20.2. The number of ether oxygens (including phenoxy) is 1. The van der Waals surface area contributed by atoms with Crippen LogP contribution in [-0.2, 0) is 9.59 Å². The van der Waals surface area contributed by atoms with Gasteiger partial charge in [0.15, 0.2) is 5.13 Å². The highest BCUT2D eigenvalue weighted by atomic mass is 35.5. The number of carbonyl (C=O) groups is 2. The van der Waals surface area contributed by atoms with Crippen molar-refractivity contribution in [1.82, 2.24) is 9.97 Å². The molecule has 1 aliphatic rings. The molecule has 1 unspecified atom stereocenters. The van der Waals surface area contributed by atoms with Gasteiger partial charge in [0.1, 0.15) is 17.3 Å². The number of halogens is 3. The lowest BCUT2D eigenvalue weighted by atomic mass is 9.96. The topological polar surface area (TPSA) is 92.6 Å². The fourth-order valence-electron chi connectivity index (χ4n) is 3.87. The highest BCUT2D eigenvalue weighted by Crippen LogP contribution is 2.45. The molecule has 2 aromatic carbocycles. The standard InChI is InChI=1S/C24H14Cl2FN3O4S/c1-34-17-8-12(2-3-13(17)25)21(31)19-20(11-4-6-28-7-5-11)30(23(33)22(19)32)24-29-16-9-14(26)15(27)10-18(16)35-24/h2-10,20,31H,1H3/b21-19+. The Morgan fingerprint density at radius 2 is 1.86 bits per heavy atom. The molecule has 5 rings (SSSR count). The summed E-state index contributed by atoms with van der Waals surface area (Å²) in [4.78, 5) is 36.1. The number of Topliss-reactive ketones (excluding diaryl/α,β-unsaturated/α-hetero) is 1. The Kier molecular flexibility index (Phi) is 5.92. The summed E-state index contributed by atoms with van der Waals surface area (Å²) in [5, 5.41) is 11.6. The number of methoxy groups -OCH3 is 1. The van der Waals surface area contributed by atoms with Crippen LogP contribution >= 0.6 is 34.5 Å². The summed E-state index contributed by atoms with van der Waals surface area (Å²) in [6.07, 6.45) is 3.02. The van der Waals surface area contributed by atoms with Crippen molar-refractivity contribution in [3.8, 4) is 5.75 Å². The summed E-state index contributed by atoms with van der Waals surface area (Å²) < 4.78 is 19.7. The number of anilines is 1. The van der Waals surface area contributed by atoms with E-state index in [1.54, 1.807) is 12.1 Å². The number of rotatable bonds is 4. The normalized spacial score (nSPS) is 17.4. The molecule has 0 spiro atoms. The van der Waals surface area contributed by atoms with Gasteiger partial charge in [-0.25, -0.2) is 9.37 Å². The minimum atomic E-state index is -1.01. The highest BCUT2D eigenvalue weighted by Gasteiger charge is 2.48.